The van der Waals surface area contributed by atoms with Gasteiger partial charge in [-0.25, -0.2) is 4.39 Å². The first-order chi connectivity index (χ1) is 13.1. The van der Waals surface area contributed by atoms with Gasteiger partial charge in [0, 0.05) is 38.2 Å². The van der Waals surface area contributed by atoms with Gasteiger partial charge in [0.2, 0.25) is 5.91 Å². The minimum atomic E-state index is -0.424. The second-order valence-corrected chi connectivity index (χ2v) is 6.53. The van der Waals surface area contributed by atoms with Gasteiger partial charge >= 0.3 is 0 Å². The second-order valence-electron chi connectivity index (χ2n) is 6.53. The maximum Gasteiger partial charge on any atom is 0.254 e. The summed E-state index contributed by atoms with van der Waals surface area (Å²) in [5.41, 5.74) is 1.40. The lowest BCUT2D eigenvalue weighted by molar-refractivity contribution is -0.132. The third kappa shape index (κ3) is 4.84. The topological polar surface area (TPSA) is 49.9 Å². The van der Waals surface area contributed by atoms with Gasteiger partial charge in [-0.2, -0.15) is 0 Å². The Morgan fingerprint density at radius 2 is 1.70 bits per heavy atom. The molecule has 6 heteroatoms. The SMILES string of the molecule is COc1cccc(CCC(=O)N2CCN(C(=O)c3cccc(F)c3)CC2)c1. The number of ether oxygens (including phenoxy) is 1. The van der Waals surface area contributed by atoms with Crippen molar-refractivity contribution in [3.63, 3.8) is 0 Å². The van der Waals surface area contributed by atoms with E-state index < -0.39 is 5.82 Å². The Balaban J connectivity index is 1.49. The van der Waals surface area contributed by atoms with Crippen molar-refractivity contribution < 1.29 is 18.7 Å². The molecule has 1 aliphatic heterocycles. The number of hydrogen-bond donors (Lipinski definition) is 0. The van der Waals surface area contributed by atoms with Crippen LogP contribution in [0.15, 0.2) is 48.5 Å². The molecule has 0 unspecified atom stereocenters. The smallest absolute Gasteiger partial charge is 0.254 e. The van der Waals surface area contributed by atoms with Gasteiger partial charge in [-0.15, -0.1) is 0 Å². The third-order valence-corrected chi connectivity index (χ3v) is 4.75. The summed E-state index contributed by atoms with van der Waals surface area (Å²) >= 11 is 0. The quantitative estimate of drug-likeness (QED) is 0.813. The van der Waals surface area contributed by atoms with E-state index in [2.05, 4.69) is 0 Å². The number of halogens is 1. The standard InChI is InChI=1S/C21H23FN2O3/c1-27-19-7-2-4-16(14-19)8-9-20(25)23-10-12-24(13-11-23)21(26)17-5-3-6-18(22)15-17/h2-7,14-15H,8-13H2,1H3. The Labute approximate surface area is 158 Å². The molecule has 0 saturated carbocycles. The zero-order valence-electron chi connectivity index (χ0n) is 15.4. The first-order valence-electron chi connectivity index (χ1n) is 9.02. The van der Waals surface area contributed by atoms with Gasteiger partial charge in [-0.05, 0) is 42.3 Å². The molecule has 1 aliphatic rings. The van der Waals surface area contributed by atoms with Crippen LogP contribution in [0.3, 0.4) is 0 Å². The average molecular weight is 370 g/mol. The predicted octanol–water partition coefficient (Wildman–Crippen LogP) is 2.75. The van der Waals surface area contributed by atoms with Crippen molar-refractivity contribution in [1.29, 1.82) is 0 Å². The van der Waals surface area contributed by atoms with Crippen LogP contribution in [0.5, 0.6) is 5.75 Å². The first kappa shape index (κ1) is 18.9. The van der Waals surface area contributed by atoms with Crippen LogP contribution < -0.4 is 4.74 Å². The Morgan fingerprint density at radius 3 is 2.41 bits per heavy atom. The summed E-state index contributed by atoms with van der Waals surface area (Å²) in [6, 6.07) is 13.4. The number of benzene rings is 2. The highest BCUT2D eigenvalue weighted by atomic mass is 19.1. The third-order valence-electron chi connectivity index (χ3n) is 4.75. The summed E-state index contributed by atoms with van der Waals surface area (Å²) in [7, 11) is 1.62. The number of rotatable bonds is 5. The van der Waals surface area contributed by atoms with Crippen LogP contribution in [0, 0.1) is 5.82 Å². The lowest BCUT2D eigenvalue weighted by Crippen LogP contribution is -2.50. The van der Waals surface area contributed by atoms with Crippen LogP contribution in [-0.4, -0.2) is 54.9 Å². The molecule has 1 heterocycles. The van der Waals surface area contributed by atoms with Gasteiger partial charge in [0.1, 0.15) is 11.6 Å². The molecular weight excluding hydrogens is 347 g/mol. The molecule has 2 aromatic rings. The van der Waals surface area contributed by atoms with E-state index in [0.717, 1.165) is 11.3 Å². The number of carbonyl (C=O) groups excluding carboxylic acids is 2. The van der Waals surface area contributed by atoms with Crippen LogP contribution in [0.25, 0.3) is 0 Å². The minimum absolute atomic E-state index is 0.0793. The first-order valence-corrected chi connectivity index (χ1v) is 9.02. The molecular formula is C21H23FN2O3. The summed E-state index contributed by atoms with van der Waals surface area (Å²) in [6.07, 6.45) is 1.07. The van der Waals surface area contributed by atoms with Crippen LogP contribution in [0.4, 0.5) is 4.39 Å². The van der Waals surface area contributed by atoms with E-state index in [9.17, 15) is 14.0 Å². The minimum Gasteiger partial charge on any atom is -0.497 e. The van der Waals surface area contributed by atoms with Crippen LogP contribution in [-0.2, 0) is 11.2 Å². The Bertz CT molecular complexity index is 817. The fourth-order valence-electron chi connectivity index (χ4n) is 3.20. The monoisotopic (exact) mass is 370 g/mol. The lowest BCUT2D eigenvalue weighted by atomic mass is 10.1. The summed E-state index contributed by atoms with van der Waals surface area (Å²) < 4.78 is 18.5. The Hall–Kier alpha value is -2.89. The molecule has 0 aliphatic carbocycles. The van der Waals surface area contributed by atoms with Crippen LogP contribution in [0.1, 0.15) is 22.3 Å². The van der Waals surface area contributed by atoms with E-state index in [4.69, 9.17) is 4.74 Å². The molecule has 0 bridgehead atoms. The highest BCUT2D eigenvalue weighted by Crippen LogP contribution is 2.15. The van der Waals surface area contributed by atoms with Gasteiger partial charge in [0.15, 0.2) is 0 Å². The highest BCUT2D eigenvalue weighted by Gasteiger charge is 2.24. The van der Waals surface area contributed by atoms with Gasteiger partial charge < -0.3 is 14.5 Å². The van der Waals surface area contributed by atoms with E-state index in [-0.39, 0.29) is 11.8 Å². The molecule has 5 nitrogen and oxygen atoms in total. The molecule has 2 aromatic carbocycles. The number of aryl methyl sites for hydroxylation is 1. The molecule has 0 N–H and O–H groups in total. The molecule has 0 radical (unpaired) electrons. The van der Waals surface area contributed by atoms with Crippen molar-refractivity contribution in [1.82, 2.24) is 9.80 Å². The van der Waals surface area contributed by atoms with Crippen molar-refractivity contribution in [2.75, 3.05) is 33.3 Å². The summed E-state index contributed by atoms with van der Waals surface area (Å²) in [6.45, 7) is 1.91. The molecule has 0 spiro atoms. The molecule has 142 valence electrons. The van der Waals surface area contributed by atoms with E-state index in [1.165, 1.54) is 18.2 Å². The van der Waals surface area contributed by atoms with Crippen molar-refractivity contribution in [3.8, 4) is 5.75 Å². The number of piperazine rings is 1. The molecule has 1 saturated heterocycles. The van der Waals surface area contributed by atoms with Crippen molar-refractivity contribution in [2.24, 2.45) is 0 Å². The number of nitrogens with zero attached hydrogens (tertiary/aromatic N) is 2. The molecule has 0 aromatic heterocycles. The number of methoxy groups -OCH3 is 1. The number of carbonyl (C=O) groups is 2. The number of hydrogen-bond acceptors (Lipinski definition) is 3. The van der Waals surface area contributed by atoms with Gasteiger partial charge in [0.25, 0.3) is 5.91 Å². The van der Waals surface area contributed by atoms with Crippen molar-refractivity contribution in [3.05, 3.63) is 65.5 Å². The van der Waals surface area contributed by atoms with Gasteiger partial charge in [0.05, 0.1) is 7.11 Å². The molecule has 27 heavy (non-hydrogen) atoms. The lowest BCUT2D eigenvalue weighted by Gasteiger charge is -2.35. The highest BCUT2D eigenvalue weighted by molar-refractivity contribution is 5.94. The summed E-state index contributed by atoms with van der Waals surface area (Å²) in [5.74, 6) is 0.241. The zero-order valence-corrected chi connectivity index (χ0v) is 15.4. The van der Waals surface area contributed by atoms with Crippen molar-refractivity contribution >= 4 is 11.8 Å². The largest absolute Gasteiger partial charge is 0.497 e. The fourth-order valence-corrected chi connectivity index (χ4v) is 3.20. The maximum atomic E-state index is 13.3. The van der Waals surface area contributed by atoms with E-state index in [1.807, 2.05) is 24.3 Å². The molecule has 3 rings (SSSR count). The molecule has 1 fully saturated rings. The second kappa shape index (κ2) is 8.66. The van der Waals surface area contributed by atoms with Crippen LogP contribution >= 0.6 is 0 Å². The summed E-state index contributed by atoms with van der Waals surface area (Å²) in [4.78, 5) is 28.4. The van der Waals surface area contributed by atoms with E-state index >= 15 is 0 Å². The maximum absolute atomic E-state index is 13.3. The Morgan fingerprint density at radius 1 is 1.00 bits per heavy atom. The predicted molar refractivity (Wildman–Crippen MR) is 100 cm³/mol. The van der Waals surface area contributed by atoms with Crippen LogP contribution in [0.2, 0.25) is 0 Å². The summed E-state index contributed by atoms with van der Waals surface area (Å²) in [5, 5.41) is 0. The molecule has 2 amide bonds. The van der Waals surface area contributed by atoms with E-state index in [1.54, 1.807) is 23.0 Å². The van der Waals surface area contributed by atoms with Gasteiger partial charge in [-0.3, -0.25) is 9.59 Å². The van der Waals surface area contributed by atoms with Gasteiger partial charge in [-0.1, -0.05) is 18.2 Å². The molecule has 0 atom stereocenters. The number of amides is 2. The van der Waals surface area contributed by atoms with Crippen molar-refractivity contribution in [2.45, 2.75) is 12.8 Å². The normalized spacial score (nSPS) is 14.1. The zero-order chi connectivity index (χ0) is 19.2. The fraction of sp³-hybridized carbons (Fsp3) is 0.333. The van der Waals surface area contributed by atoms with E-state index in [0.29, 0.717) is 44.6 Å². The average Bonchev–Trinajstić information content (AvgIpc) is 2.71. The Kier molecular flexibility index (Phi) is 6.06.